The molecule has 114 valence electrons. The van der Waals surface area contributed by atoms with Gasteiger partial charge in [0.2, 0.25) is 0 Å². The summed E-state index contributed by atoms with van der Waals surface area (Å²) < 4.78 is 13.0. The molecule has 0 unspecified atom stereocenters. The molecule has 2 heterocycles. The van der Waals surface area contributed by atoms with Gasteiger partial charge in [-0.15, -0.1) is 0 Å². The summed E-state index contributed by atoms with van der Waals surface area (Å²) in [6.45, 7) is 5.21. The highest BCUT2D eigenvalue weighted by Gasteiger charge is 2.29. The van der Waals surface area contributed by atoms with Crippen LogP contribution in [0.5, 0.6) is 0 Å². The van der Waals surface area contributed by atoms with Gasteiger partial charge in [-0.2, -0.15) is 0 Å². The SMILES string of the molecule is CCN1Cc2c(ccnc2N[C@@H](C)c2ccc(F)cc2)C1=O. The van der Waals surface area contributed by atoms with E-state index in [0.29, 0.717) is 18.7 Å². The summed E-state index contributed by atoms with van der Waals surface area (Å²) in [5.41, 5.74) is 2.62. The number of hydrogen-bond donors (Lipinski definition) is 1. The minimum atomic E-state index is -0.251. The molecule has 5 heteroatoms. The number of carbonyl (C=O) groups excluding carboxylic acids is 1. The first-order valence-corrected chi connectivity index (χ1v) is 7.39. The average Bonchev–Trinajstić information content (AvgIpc) is 2.85. The van der Waals surface area contributed by atoms with E-state index in [1.54, 1.807) is 29.3 Å². The van der Waals surface area contributed by atoms with E-state index in [9.17, 15) is 9.18 Å². The van der Waals surface area contributed by atoms with Gasteiger partial charge >= 0.3 is 0 Å². The smallest absolute Gasteiger partial charge is 0.254 e. The second kappa shape index (κ2) is 5.75. The third-order valence-corrected chi connectivity index (χ3v) is 4.03. The zero-order valence-corrected chi connectivity index (χ0v) is 12.6. The van der Waals surface area contributed by atoms with Crippen molar-refractivity contribution < 1.29 is 9.18 Å². The van der Waals surface area contributed by atoms with E-state index in [1.807, 2.05) is 13.8 Å². The normalized spacial score (nSPS) is 14.9. The molecule has 2 aromatic rings. The van der Waals surface area contributed by atoms with Crippen molar-refractivity contribution >= 4 is 11.7 Å². The van der Waals surface area contributed by atoms with Crippen molar-refractivity contribution in [3.8, 4) is 0 Å². The van der Waals surface area contributed by atoms with Crippen LogP contribution in [-0.2, 0) is 6.54 Å². The Balaban J connectivity index is 1.85. The van der Waals surface area contributed by atoms with Crippen LogP contribution in [0.4, 0.5) is 10.2 Å². The Morgan fingerprint density at radius 1 is 1.32 bits per heavy atom. The Hall–Kier alpha value is -2.43. The number of nitrogens with one attached hydrogen (secondary N) is 1. The van der Waals surface area contributed by atoms with Gasteiger partial charge < -0.3 is 10.2 Å². The standard InChI is InChI=1S/C17H18FN3O/c1-3-21-10-15-14(17(21)22)8-9-19-16(15)20-11(2)12-4-6-13(18)7-5-12/h4-9,11H,3,10H2,1-2H3,(H,19,20)/t11-/m0/s1. The molecule has 0 saturated heterocycles. The van der Waals surface area contributed by atoms with Crippen molar-refractivity contribution in [2.24, 2.45) is 0 Å². The number of benzene rings is 1. The maximum Gasteiger partial charge on any atom is 0.254 e. The van der Waals surface area contributed by atoms with Crippen molar-refractivity contribution in [3.05, 3.63) is 59.0 Å². The topological polar surface area (TPSA) is 45.2 Å². The van der Waals surface area contributed by atoms with Gasteiger partial charge in [-0.3, -0.25) is 4.79 Å². The van der Waals surface area contributed by atoms with Crippen LogP contribution in [0, 0.1) is 5.82 Å². The Morgan fingerprint density at radius 3 is 2.73 bits per heavy atom. The minimum absolute atomic E-state index is 0.0228. The van der Waals surface area contributed by atoms with Gasteiger partial charge in [-0.25, -0.2) is 9.37 Å². The van der Waals surface area contributed by atoms with E-state index >= 15 is 0 Å². The number of fused-ring (bicyclic) bond motifs is 1. The molecule has 0 fully saturated rings. The lowest BCUT2D eigenvalue weighted by Gasteiger charge is -2.17. The van der Waals surface area contributed by atoms with Gasteiger partial charge in [-0.1, -0.05) is 12.1 Å². The van der Waals surface area contributed by atoms with Crippen LogP contribution in [0.15, 0.2) is 36.5 Å². The van der Waals surface area contributed by atoms with Crippen LogP contribution in [0.1, 0.15) is 41.4 Å². The van der Waals surface area contributed by atoms with Crippen LogP contribution >= 0.6 is 0 Å². The highest BCUT2D eigenvalue weighted by atomic mass is 19.1. The highest BCUT2D eigenvalue weighted by Crippen LogP contribution is 2.29. The molecule has 0 spiro atoms. The molecular formula is C17H18FN3O. The predicted molar refractivity (Wildman–Crippen MR) is 83.1 cm³/mol. The van der Waals surface area contributed by atoms with E-state index in [4.69, 9.17) is 0 Å². The number of nitrogens with zero attached hydrogens (tertiary/aromatic N) is 2. The molecule has 22 heavy (non-hydrogen) atoms. The lowest BCUT2D eigenvalue weighted by molar-refractivity contribution is 0.0787. The van der Waals surface area contributed by atoms with Gasteiger partial charge in [0.1, 0.15) is 11.6 Å². The number of halogens is 1. The highest BCUT2D eigenvalue weighted by molar-refractivity contribution is 5.99. The number of aromatic nitrogens is 1. The fourth-order valence-electron chi connectivity index (χ4n) is 2.71. The predicted octanol–water partition coefficient (Wildman–Crippen LogP) is 3.37. The molecule has 1 amide bonds. The quantitative estimate of drug-likeness (QED) is 0.941. The molecule has 0 aliphatic carbocycles. The summed E-state index contributed by atoms with van der Waals surface area (Å²) in [7, 11) is 0. The Labute approximate surface area is 129 Å². The van der Waals surface area contributed by atoms with Crippen LogP contribution in [-0.4, -0.2) is 22.3 Å². The van der Waals surface area contributed by atoms with Gasteiger partial charge in [0, 0.05) is 29.9 Å². The molecule has 1 aliphatic heterocycles. The summed E-state index contributed by atoms with van der Waals surface area (Å²) in [6.07, 6.45) is 1.65. The maximum atomic E-state index is 13.0. The van der Waals surface area contributed by atoms with Gasteiger partial charge in [0.15, 0.2) is 0 Å². The number of anilines is 1. The van der Waals surface area contributed by atoms with E-state index < -0.39 is 0 Å². The monoisotopic (exact) mass is 299 g/mol. The molecule has 4 nitrogen and oxygen atoms in total. The minimum Gasteiger partial charge on any atom is -0.363 e. The second-order valence-corrected chi connectivity index (χ2v) is 5.42. The fraction of sp³-hybridized carbons (Fsp3) is 0.294. The molecular weight excluding hydrogens is 281 g/mol. The first kappa shape index (κ1) is 14.5. The first-order valence-electron chi connectivity index (χ1n) is 7.39. The number of amides is 1. The molecule has 1 N–H and O–H groups in total. The first-order chi connectivity index (χ1) is 10.6. The Kier molecular flexibility index (Phi) is 3.79. The lowest BCUT2D eigenvalue weighted by Crippen LogP contribution is -2.22. The maximum absolute atomic E-state index is 13.0. The lowest BCUT2D eigenvalue weighted by atomic mass is 10.1. The molecule has 1 atom stereocenters. The zero-order valence-electron chi connectivity index (χ0n) is 12.6. The third-order valence-electron chi connectivity index (χ3n) is 4.03. The van der Waals surface area contributed by atoms with E-state index in [2.05, 4.69) is 10.3 Å². The number of pyridine rings is 1. The molecule has 1 aromatic heterocycles. The molecule has 3 rings (SSSR count). The fourth-order valence-corrected chi connectivity index (χ4v) is 2.71. The van der Waals surface area contributed by atoms with Gasteiger partial charge in [-0.05, 0) is 37.6 Å². The molecule has 0 radical (unpaired) electrons. The van der Waals surface area contributed by atoms with Crippen LogP contribution < -0.4 is 5.32 Å². The summed E-state index contributed by atoms with van der Waals surface area (Å²) >= 11 is 0. The van der Waals surface area contributed by atoms with Crippen molar-refractivity contribution in [1.29, 1.82) is 0 Å². The number of hydrogen-bond acceptors (Lipinski definition) is 3. The zero-order chi connectivity index (χ0) is 15.7. The van der Waals surface area contributed by atoms with E-state index in [-0.39, 0.29) is 17.8 Å². The number of rotatable bonds is 4. The van der Waals surface area contributed by atoms with Gasteiger partial charge in [0.05, 0.1) is 6.54 Å². The summed E-state index contributed by atoms with van der Waals surface area (Å²) in [4.78, 5) is 18.4. The largest absolute Gasteiger partial charge is 0.363 e. The van der Waals surface area contributed by atoms with Crippen LogP contribution in [0.2, 0.25) is 0 Å². The third kappa shape index (κ3) is 2.54. The summed E-state index contributed by atoms with van der Waals surface area (Å²) in [5, 5.41) is 3.33. The van der Waals surface area contributed by atoms with Crippen LogP contribution in [0.25, 0.3) is 0 Å². The van der Waals surface area contributed by atoms with Crippen molar-refractivity contribution in [1.82, 2.24) is 9.88 Å². The van der Waals surface area contributed by atoms with Crippen molar-refractivity contribution in [2.75, 3.05) is 11.9 Å². The number of carbonyl (C=O) groups is 1. The molecule has 0 saturated carbocycles. The van der Waals surface area contributed by atoms with Crippen molar-refractivity contribution in [2.45, 2.75) is 26.4 Å². The van der Waals surface area contributed by atoms with E-state index in [0.717, 1.165) is 16.9 Å². The Bertz CT molecular complexity index is 700. The summed E-state index contributed by atoms with van der Waals surface area (Å²) in [5.74, 6) is 0.523. The van der Waals surface area contributed by atoms with Crippen molar-refractivity contribution in [3.63, 3.8) is 0 Å². The summed E-state index contributed by atoms with van der Waals surface area (Å²) in [6, 6.07) is 8.13. The molecule has 0 bridgehead atoms. The second-order valence-electron chi connectivity index (χ2n) is 5.42. The van der Waals surface area contributed by atoms with E-state index in [1.165, 1.54) is 12.1 Å². The molecule has 1 aromatic carbocycles. The van der Waals surface area contributed by atoms with Gasteiger partial charge in [0.25, 0.3) is 5.91 Å². The molecule has 1 aliphatic rings. The Morgan fingerprint density at radius 2 is 2.05 bits per heavy atom. The van der Waals surface area contributed by atoms with Crippen LogP contribution in [0.3, 0.4) is 0 Å². The average molecular weight is 299 g/mol.